The zero-order valence-electron chi connectivity index (χ0n) is 13.2. The van der Waals surface area contributed by atoms with E-state index in [0.29, 0.717) is 18.6 Å². The third-order valence-electron chi connectivity index (χ3n) is 3.27. The zero-order valence-corrected chi connectivity index (χ0v) is 14.0. The molecule has 0 N–H and O–H groups in total. The molecule has 0 bridgehead atoms. The lowest BCUT2D eigenvalue weighted by molar-refractivity contribution is 0.0500. The van der Waals surface area contributed by atoms with Gasteiger partial charge >= 0.3 is 5.97 Å². The van der Waals surface area contributed by atoms with Gasteiger partial charge in [-0.05, 0) is 56.2 Å². The monoisotopic (exact) mass is 333 g/mol. The van der Waals surface area contributed by atoms with Crippen LogP contribution in [0, 0.1) is 6.92 Å². The molecule has 1 aromatic heterocycles. The molecule has 0 saturated heterocycles. The topological polar surface area (TPSA) is 73.3 Å². The number of carbonyl (C=O) groups is 1. The highest BCUT2D eigenvalue weighted by Crippen LogP contribution is 2.11. The number of aryl methyl sites for hydroxylation is 2. The van der Waals surface area contributed by atoms with E-state index in [9.17, 15) is 13.2 Å². The van der Waals surface area contributed by atoms with Crippen LogP contribution in [0.4, 0.5) is 0 Å². The minimum Gasteiger partial charge on any atom is -0.462 e. The second-order valence-corrected chi connectivity index (χ2v) is 7.32. The number of aromatic nitrogens is 1. The van der Waals surface area contributed by atoms with Gasteiger partial charge in [0.25, 0.3) is 0 Å². The zero-order chi connectivity index (χ0) is 16.9. The average molecular weight is 333 g/mol. The molecule has 5 nitrogen and oxygen atoms in total. The maximum Gasteiger partial charge on any atom is 0.338 e. The van der Waals surface area contributed by atoms with Crippen molar-refractivity contribution in [2.75, 3.05) is 12.9 Å². The first-order valence-electron chi connectivity index (χ1n) is 7.26. The lowest BCUT2D eigenvalue weighted by Gasteiger charge is -2.06. The lowest BCUT2D eigenvalue weighted by Crippen LogP contribution is -2.08. The Hall–Kier alpha value is -2.21. The largest absolute Gasteiger partial charge is 0.462 e. The number of hydrogen-bond donors (Lipinski definition) is 0. The molecule has 0 amide bonds. The van der Waals surface area contributed by atoms with E-state index in [4.69, 9.17) is 4.74 Å². The third-order valence-corrected chi connectivity index (χ3v) is 4.40. The number of sulfone groups is 1. The van der Waals surface area contributed by atoms with Gasteiger partial charge in [0, 0.05) is 17.6 Å². The summed E-state index contributed by atoms with van der Waals surface area (Å²) in [5.41, 5.74) is 2.27. The smallest absolute Gasteiger partial charge is 0.338 e. The van der Waals surface area contributed by atoms with Gasteiger partial charge in [0.05, 0.1) is 17.1 Å². The maximum absolute atomic E-state index is 11.9. The minimum absolute atomic E-state index is 0.180. The molecule has 0 saturated carbocycles. The molecule has 0 unspecified atom stereocenters. The van der Waals surface area contributed by atoms with Crippen LogP contribution in [-0.2, 0) is 21.0 Å². The highest BCUT2D eigenvalue weighted by Gasteiger charge is 2.10. The van der Waals surface area contributed by atoms with Crippen molar-refractivity contribution in [3.8, 4) is 0 Å². The number of benzene rings is 1. The molecular formula is C17H19NO4S. The molecule has 0 spiro atoms. The molecule has 1 heterocycles. The van der Waals surface area contributed by atoms with Gasteiger partial charge in [0.1, 0.15) is 0 Å². The second-order valence-electron chi connectivity index (χ2n) is 5.31. The van der Waals surface area contributed by atoms with Gasteiger partial charge < -0.3 is 4.74 Å². The molecule has 2 aromatic rings. The molecule has 0 aliphatic rings. The van der Waals surface area contributed by atoms with Crippen LogP contribution < -0.4 is 0 Å². The molecule has 0 aliphatic heterocycles. The number of ether oxygens (including phenoxy) is 1. The van der Waals surface area contributed by atoms with Crippen molar-refractivity contribution < 1.29 is 17.9 Å². The van der Waals surface area contributed by atoms with Crippen LogP contribution in [0.5, 0.6) is 0 Å². The van der Waals surface area contributed by atoms with Gasteiger partial charge in [-0.15, -0.1) is 0 Å². The highest BCUT2D eigenvalue weighted by molar-refractivity contribution is 7.90. The summed E-state index contributed by atoms with van der Waals surface area (Å²) in [7, 11) is -3.26. The van der Waals surface area contributed by atoms with E-state index in [1.165, 1.54) is 24.3 Å². The first kappa shape index (κ1) is 17.1. The van der Waals surface area contributed by atoms with Crippen LogP contribution in [0.25, 0.3) is 0 Å². The fourth-order valence-corrected chi connectivity index (χ4v) is 2.71. The van der Waals surface area contributed by atoms with Crippen LogP contribution >= 0.6 is 0 Å². The summed E-state index contributed by atoms with van der Waals surface area (Å²) in [5.74, 6) is -0.456. The van der Waals surface area contributed by atoms with Gasteiger partial charge in [-0.3, -0.25) is 4.98 Å². The van der Waals surface area contributed by atoms with E-state index in [2.05, 4.69) is 4.98 Å². The Morgan fingerprint density at radius 3 is 2.43 bits per heavy atom. The SMILES string of the molecule is Cc1cccc(CCCOC(=O)c2ccc(S(C)(=O)=O)cc2)n1. The number of rotatable bonds is 6. The summed E-state index contributed by atoms with van der Waals surface area (Å²) in [6.07, 6.45) is 2.55. The number of nitrogens with zero attached hydrogens (tertiary/aromatic N) is 1. The third kappa shape index (κ3) is 5.17. The van der Waals surface area contributed by atoms with Gasteiger partial charge in [0.2, 0.25) is 0 Å². The summed E-state index contributed by atoms with van der Waals surface area (Å²) < 4.78 is 27.9. The molecule has 122 valence electrons. The summed E-state index contributed by atoms with van der Waals surface area (Å²) in [6.45, 7) is 2.23. The first-order valence-corrected chi connectivity index (χ1v) is 9.15. The quantitative estimate of drug-likeness (QED) is 0.600. The average Bonchev–Trinajstić information content (AvgIpc) is 2.51. The molecular weight excluding hydrogens is 314 g/mol. The molecule has 0 aliphatic carbocycles. The van der Waals surface area contributed by atoms with Gasteiger partial charge in [-0.25, -0.2) is 13.2 Å². The Morgan fingerprint density at radius 2 is 1.83 bits per heavy atom. The minimum atomic E-state index is -3.26. The van der Waals surface area contributed by atoms with Crippen LogP contribution in [0.2, 0.25) is 0 Å². The number of pyridine rings is 1. The molecule has 2 rings (SSSR count). The molecule has 6 heteroatoms. The van der Waals surface area contributed by atoms with E-state index >= 15 is 0 Å². The van der Waals surface area contributed by atoms with E-state index in [-0.39, 0.29) is 4.90 Å². The van der Waals surface area contributed by atoms with Crippen molar-refractivity contribution in [2.45, 2.75) is 24.7 Å². The number of hydrogen-bond acceptors (Lipinski definition) is 5. The second kappa shape index (κ2) is 7.37. The van der Waals surface area contributed by atoms with E-state index in [0.717, 1.165) is 24.1 Å². The van der Waals surface area contributed by atoms with Crippen molar-refractivity contribution in [3.63, 3.8) is 0 Å². The van der Waals surface area contributed by atoms with Gasteiger partial charge in [-0.1, -0.05) is 6.07 Å². The molecule has 1 aromatic carbocycles. The standard InChI is InChI=1S/C17H19NO4S/c1-13-5-3-6-15(18-13)7-4-12-22-17(19)14-8-10-16(11-9-14)23(2,20)21/h3,5-6,8-11H,4,7,12H2,1-2H3. The van der Waals surface area contributed by atoms with Crippen molar-refractivity contribution in [1.29, 1.82) is 0 Å². The van der Waals surface area contributed by atoms with Gasteiger partial charge in [0.15, 0.2) is 9.84 Å². The molecule has 23 heavy (non-hydrogen) atoms. The summed E-state index contributed by atoms with van der Waals surface area (Å²) >= 11 is 0. The summed E-state index contributed by atoms with van der Waals surface area (Å²) in [6, 6.07) is 11.6. The van der Waals surface area contributed by atoms with E-state index in [1.54, 1.807) is 0 Å². The fourth-order valence-electron chi connectivity index (χ4n) is 2.08. The Balaban J connectivity index is 1.83. The van der Waals surface area contributed by atoms with Crippen LogP contribution in [0.15, 0.2) is 47.4 Å². The Morgan fingerprint density at radius 1 is 1.13 bits per heavy atom. The Labute approximate surface area is 136 Å². The summed E-state index contributed by atoms with van der Waals surface area (Å²) in [4.78, 5) is 16.4. The maximum atomic E-state index is 11.9. The summed E-state index contributed by atoms with van der Waals surface area (Å²) in [5, 5.41) is 0. The Bertz CT molecular complexity index is 782. The van der Waals surface area contributed by atoms with Crippen LogP contribution in [0.3, 0.4) is 0 Å². The molecule has 0 atom stereocenters. The first-order chi connectivity index (χ1) is 10.9. The lowest BCUT2D eigenvalue weighted by atomic mass is 10.2. The Kier molecular flexibility index (Phi) is 5.50. The molecule has 0 radical (unpaired) electrons. The van der Waals surface area contributed by atoms with Crippen molar-refractivity contribution in [3.05, 3.63) is 59.4 Å². The fraction of sp³-hybridized carbons (Fsp3) is 0.294. The van der Waals surface area contributed by atoms with Crippen LogP contribution in [-0.4, -0.2) is 32.2 Å². The van der Waals surface area contributed by atoms with Crippen LogP contribution in [0.1, 0.15) is 28.2 Å². The number of esters is 1. The van der Waals surface area contributed by atoms with Crippen molar-refractivity contribution >= 4 is 15.8 Å². The molecule has 0 fully saturated rings. The van der Waals surface area contributed by atoms with E-state index < -0.39 is 15.8 Å². The predicted molar refractivity (Wildman–Crippen MR) is 87.1 cm³/mol. The van der Waals surface area contributed by atoms with E-state index in [1.807, 2.05) is 25.1 Å². The normalized spacial score (nSPS) is 11.2. The highest BCUT2D eigenvalue weighted by atomic mass is 32.2. The van der Waals surface area contributed by atoms with Gasteiger partial charge in [-0.2, -0.15) is 0 Å². The number of carbonyl (C=O) groups excluding carboxylic acids is 1. The van der Waals surface area contributed by atoms with Crippen molar-refractivity contribution in [2.24, 2.45) is 0 Å². The van der Waals surface area contributed by atoms with Crippen molar-refractivity contribution in [1.82, 2.24) is 4.98 Å². The predicted octanol–water partition coefficient (Wildman–Crippen LogP) is 2.58.